The van der Waals surface area contributed by atoms with Gasteiger partial charge >= 0.3 is 8.03 Å². The maximum atomic E-state index is 12.4. The Morgan fingerprint density at radius 1 is 1.05 bits per heavy atom. The molecule has 0 saturated heterocycles. The van der Waals surface area contributed by atoms with Crippen molar-refractivity contribution in [1.82, 2.24) is 0 Å². The molecule has 0 bridgehead atoms. The van der Waals surface area contributed by atoms with E-state index in [1.165, 1.54) is 0 Å². The average molecular weight is 274 g/mol. The van der Waals surface area contributed by atoms with Crippen molar-refractivity contribution in [3.63, 3.8) is 0 Å². The lowest BCUT2D eigenvalue weighted by molar-refractivity contribution is 0.514. The largest absolute Gasteiger partial charge is 0.599 e. The van der Waals surface area contributed by atoms with Crippen LogP contribution in [-0.4, -0.2) is 0 Å². The van der Waals surface area contributed by atoms with E-state index in [4.69, 9.17) is 10.3 Å². The smallest absolute Gasteiger partial charge is 0.395 e. The molecule has 19 heavy (non-hydrogen) atoms. The molecule has 0 amide bonds. The normalized spacial score (nSPS) is 11.2. The van der Waals surface area contributed by atoms with E-state index in [1.54, 1.807) is 12.1 Å². The molecule has 0 aromatic heterocycles. The number of hydrogen-bond donors (Lipinski definition) is 1. The monoisotopic (exact) mass is 274 g/mol. The third-order valence-corrected chi connectivity index (χ3v) is 4.60. The summed E-state index contributed by atoms with van der Waals surface area (Å²) in [6.07, 6.45) is 0. The van der Waals surface area contributed by atoms with Gasteiger partial charge in [-0.1, -0.05) is 18.2 Å². The fourth-order valence-electron chi connectivity index (χ4n) is 1.96. The zero-order valence-corrected chi connectivity index (χ0v) is 12.2. The fraction of sp³-hybridized carbons (Fsp3) is 0.200. The first kappa shape index (κ1) is 13.6. The van der Waals surface area contributed by atoms with E-state index < -0.39 is 8.03 Å². The summed E-state index contributed by atoms with van der Waals surface area (Å²) in [7, 11) is -2.00. The molecule has 0 aliphatic rings. The second kappa shape index (κ2) is 5.41. The van der Waals surface area contributed by atoms with Crippen LogP contribution in [0, 0.1) is 20.8 Å². The van der Waals surface area contributed by atoms with Crippen molar-refractivity contribution in [2.75, 3.05) is 5.73 Å². The van der Waals surface area contributed by atoms with Gasteiger partial charge in [-0.3, -0.25) is 4.52 Å². The number of benzene rings is 2. The molecule has 2 aromatic rings. The Labute approximate surface area is 114 Å². The van der Waals surface area contributed by atoms with Gasteiger partial charge in [0.25, 0.3) is 5.30 Å². The molecule has 0 aliphatic carbocycles. The Morgan fingerprint density at radius 3 is 2.32 bits per heavy atom. The highest BCUT2D eigenvalue weighted by Crippen LogP contribution is 2.31. The van der Waals surface area contributed by atoms with Crippen LogP contribution in [0.4, 0.5) is 5.69 Å². The number of aryl methyl sites for hydroxylation is 1. The molecule has 98 valence electrons. The van der Waals surface area contributed by atoms with E-state index in [0.717, 1.165) is 16.7 Å². The average Bonchev–Trinajstić information content (AvgIpc) is 2.37. The maximum absolute atomic E-state index is 12.4. The predicted octanol–water partition coefficient (Wildman–Crippen LogP) is 3.64. The minimum absolute atomic E-state index is 0.526. The molecule has 1 atom stereocenters. The van der Waals surface area contributed by atoms with Crippen molar-refractivity contribution in [3.8, 4) is 5.75 Å². The minimum atomic E-state index is -2.00. The highest BCUT2D eigenvalue weighted by Gasteiger charge is 2.31. The number of para-hydroxylation sites is 1. The van der Waals surface area contributed by atoms with Crippen molar-refractivity contribution >= 4 is 19.0 Å². The van der Waals surface area contributed by atoms with Crippen molar-refractivity contribution < 1.29 is 9.09 Å². The topological polar surface area (TPSA) is 52.3 Å². The van der Waals surface area contributed by atoms with Gasteiger partial charge in [-0.05, 0) is 54.7 Å². The highest BCUT2D eigenvalue weighted by molar-refractivity contribution is 7.49. The van der Waals surface area contributed by atoms with Gasteiger partial charge in [0, 0.05) is 5.56 Å². The minimum Gasteiger partial charge on any atom is -0.395 e. The molecule has 2 N–H and O–H groups in total. The van der Waals surface area contributed by atoms with Crippen molar-refractivity contribution in [3.05, 3.63) is 53.1 Å². The van der Waals surface area contributed by atoms with Crippen LogP contribution in [0.15, 0.2) is 36.4 Å². The standard InChI is InChI=1S/C15H17NO2P/c1-10-9-14(16)15(12(3)11(10)2)19(17)18-13-7-5-4-6-8-13/h4-9H,16H2,1-3H3/q+1. The second-order valence-electron chi connectivity index (χ2n) is 4.54. The second-order valence-corrected chi connectivity index (χ2v) is 5.69. The third-order valence-electron chi connectivity index (χ3n) is 3.27. The number of nitrogen functional groups attached to an aromatic ring is 1. The lowest BCUT2D eigenvalue weighted by Gasteiger charge is -2.06. The number of anilines is 1. The lowest BCUT2D eigenvalue weighted by atomic mass is 10.0. The Morgan fingerprint density at radius 2 is 1.68 bits per heavy atom. The summed E-state index contributed by atoms with van der Waals surface area (Å²) in [6, 6.07) is 11.0. The van der Waals surface area contributed by atoms with E-state index in [0.29, 0.717) is 16.7 Å². The molecular weight excluding hydrogens is 257 g/mol. The summed E-state index contributed by atoms with van der Waals surface area (Å²) in [4.78, 5) is 0. The highest BCUT2D eigenvalue weighted by atomic mass is 31.1. The van der Waals surface area contributed by atoms with Crippen LogP contribution in [-0.2, 0) is 4.57 Å². The molecule has 0 radical (unpaired) electrons. The summed E-state index contributed by atoms with van der Waals surface area (Å²) in [5, 5.41) is 0.599. The maximum Gasteiger partial charge on any atom is 0.599 e. The molecule has 0 aliphatic heterocycles. The van der Waals surface area contributed by atoms with Crippen LogP contribution in [0.1, 0.15) is 16.7 Å². The van der Waals surface area contributed by atoms with Gasteiger partial charge in [0.2, 0.25) is 0 Å². The van der Waals surface area contributed by atoms with Gasteiger partial charge in [0.15, 0.2) is 5.75 Å². The van der Waals surface area contributed by atoms with Crippen LogP contribution < -0.4 is 15.6 Å². The summed E-state index contributed by atoms with van der Waals surface area (Å²) >= 11 is 0. The van der Waals surface area contributed by atoms with Crippen molar-refractivity contribution in [1.29, 1.82) is 0 Å². The Kier molecular flexibility index (Phi) is 3.87. The van der Waals surface area contributed by atoms with Gasteiger partial charge in [0.1, 0.15) is 0 Å². The molecule has 3 nitrogen and oxygen atoms in total. The molecule has 4 heteroatoms. The number of hydrogen-bond acceptors (Lipinski definition) is 3. The Bertz CT molecular complexity index is 624. The lowest BCUT2D eigenvalue weighted by Crippen LogP contribution is -2.13. The molecule has 0 spiro atoms. The van der Waals surface area contributed by atoms with E-state index in [-0.39, 0.29) is 0 Å². The zero-order chi connectivity index (χ0) is 14.0. The molecule has 1 unspecified atom stereocenters. The summed E-state index contributed by atoms with van der Waals surface area (Å²) in [5.74, 6) is 0.584. The van der Waals surface area contributed by atoms with E-state index in [9.17, 15) is 4.57 Å². The van der Waals surface area contributed by atoms with Crippen LogP contribution in [0.5, 0.6) is 5.75 Å². The predicted molar refractivity (Wildman–Crippen MR) is 79.4 cm³/mol. The van der Waals surface area contributed by atoms with Crippen LogP contribution in [0.3, 0.4) is 0 Å². The first-order valence-electron chi connectivity index (χ1n) is 6.07. The third kappa shape index (κ3) is 2.77. The SMILES string of the molecule is Cc1cc(N)c([P+](=O)Oc2ccccc2)c(C)c1C. The van der Waals surface area contributed by atoms with Crippen LogP contribution in [0.25, 0.3) is 0 Å². The van der Waals surface area contributed by atoms with Gasteiger partial charge in [-0.25, -0.2) is 0 Å². The first-order valence-corrected chi connectivity index (χ1v) is 7.25. The quantitative estimate of drug-likeness (QED) is 0.686. The van der Waals surface area contributed by atoms with Gasteiger partial charge in [0.05, 0.1) is 5.69 Å². The number of nitrogens with two attached hydrogens (primary N) is 1. The van der Waals surface area contributed by atoms with Gasteiger partial charge in [-0.15, -0.1) is 0 Å². The summed E-state index contributed by atoms with van der Waals surface area (Å²) in [6.45, 7) is 5.92. The molecular formula is C15H17NO2P+. The van der Waals surface area contributed by atoms with Gasteiger partial charge in [-0.2, -0.15) is 0 Å². The molecule has 0 fully saturated rings. The Balaban J connectivity index is 2.37. The van der Waals surface area contributed by atoms with Crippen molar-refractivity contribution in [2.45, 2.75) is 20.8 Å². The van der Waals surface area contributed by atoms with Gasteiger partial charge < -0.3 is 5.73 Å². The summed E-state index contributed by atoms with van der Waals surface area (Å²) in [5.41, 5.74) is 9.65. The van der Waals surface area contributed by atoms with Crippen molar-refractivity contribution in [2.24, 2.45) is 0 Å². The van der Waals surface area contributed by atoms with E-state index >= 15 is 0 Å². The van der Waals surface area contributed by atoms with E-state index in [2.05, 4.69) is 0 Å². The van der Waals surface area contributed by atoms with E-state index in [1.807, 2.05) is 45.0 Å². The van der Waals surface area contributed by atoms with Crippen LogP contribution in [0.2, 0.25) is 0 Å². The van der Waals surface area contributed by atoms with Crippen LogP contribution >= 0.6 is 8.03 Å². The zero-order valence-electron chi connectivity index (χ0n) is 11.3. The Hall–Kier alpha value is -1.86. The molecule has 0 saturated carbocycles. The molecule has 2 rings (SSSR count). The molecule has 2 aromatic carbocycles. The molecule has 0 heterocycles. The number of rotatable bonds is 3. The first-order chi connectivity index (χ1) is 9.00. The summed E-state index contributed by atoms with van der Waals surface area (Å²) < 4.78 is 17.9. The fourth-order valence-corrected chi connectivity index (χ4v) is 3.09.